The third-order valence-electron chi connectivity index (χ3n) is 6.18. The van der Waals surface area contributed by atoms with Crippen molar-refractivity contribution in [3.8, 4) is 0 Å². The highest BCUT2D eigenvalue weighted by Crippen LogP contribution is 2.50. The number of hydrogen-bond acceptors (Lipinski definition) is 6. The summed E-state index contributed by atoms with van der Waals surface area (Å²) >= 11 is 0. The van der Waals surface area contributed by atoms with Crippen molar-refractivity contribution in [2.75, 3.05) is 6.54 Å². The molecule has 11 heteroatoms. The van der Waals surface area contributed by atoms with Gasteiger partial charge in [-0.25, -0.2) is 4.79 Å². The number of unbranched alkanes of at least 4 members (excludes halogenated alkanes) is 1. The zero-order valence-corrected chi connectivity index (χ0v) is 23.4. The van der Waals surface area contributed by atoms with Crippen molar-refractivity contribution in [2.45, 2.75) is 70.3 Å². The van der Waals surface area contributed by atoms with Crippen LogP contribution in [0.2, 0.25) is 0 Å². The molecule has 39 heavy (non-hydrogen) atoms. The minimum Gasteiger partial charge on any atom is -0.479 e. The first-order valence-electron chi connectivity index (χ1n) is 13.1. The average molecular weight is 562 g/mol. The van der Waals surface area contributed by atoms with Gasteiger partial charge >= 0.3 is 13.6 Å². The van der Waals surface area contributed by atoms with Crippen LogP contribution in [0.5, 0.6) is 0 Å². The van der Waals surface area contributed by atoms with Crippen molar-refractivity contribution >= 4 is 25.4 Å². The fourth-order valence-corrected chi connectivity index (χ4v) is 5.84. The highest BCUT2D eigenvalue weighted by molar-refractivity contribution is 7.53. The van der Waals surface area contributed by atoms with E-state index in [1.54, 1.807) is 38.1 Å². The molecule has 0 saturated heterocycles. The molecular weight excluding hydrogens is 521 g/mol. The summed E-state index contributed by atoms with van der Waals surface area (Å²) in [6.45, 7) is 3.61. The fourth-order valence-electron chi connectivity index (χ4n) is 4.08. The summed E-state index contributed by atoms with van der Waals surface area (Å²) < 4.78 is 18.3. The molecule has 0 aromatic heterocycles. The lowest BCUT2D eigenvalue weighted by Crippen LogP contribution is -2.42. The predicted molar refractivity (Wildman–Crippen MR) is 149 cm³/mol. The number of amides is 2. The Balaban J connectivity index is 2.10. The molecule has 10 nitrogen and oxygen atoms in total. The molecule has 0 heterocycles. The Morgan fingerprint density at radius 3 is 2.13 bits per heavy atom. The lowest BCUT2D eigenvalue weighted by molar-refractivity contribution is -0.145. The topological polar surface area (TPSA) is 168 Å². The monoisotopic (exact) mass is 561 g/mol. The highest BCUT2D eigenvalue weighted by atomic mass is 31.2. The van der Waals surface area contributed by atoms with Crippen LogP contribution < -0.4 is 16.4 Å². The Bertz CT molecular complexity index is 1100. The molecule has 2 amide bonds. The number of carboxylic acid groups (broad SMARTS) is 1. The van der Waals surface area contributed by atoms with Crippen LogP contribution in [0.25, 0.3) is 0 Å². The van der Waals surface area contributed by atoms with Crippen LogP contribution in [-0.4, -0.2) is 46.2 Å². The van der Waals surface area contributed by atoms with E-state index in [-0.39, 0.29) is 25.2 Å². The van der Waals surface area contributed by atoms with E-state index < -0.39 is 43.3 Å². The summed E-state index contributed by atoms with van der Waals surface area (Å²) in [5, 5.41) is 14.9. The Labute approximate surface area is 229 Å². The average Bonchev–Trinajstić information content (AvgIpc) is 2.90. The second-order valence-electron chi connectivity index (χ2n) is 9.76. The van der Waals surface area contributed by atoms with Crippen LogP contribution in [0, 0.1) is 5.92 Å². The first-order chi connectivity index (χ1) is 18.5. The maximum Gasteiger partial charge on any atom is 0.351 e. The van der Waals surface area contributed by atoms with Gasteiger partial charge in [-0.2, -0.15) is 0 Å². The molecule has 2 aromatic carbocycles. The van der Waals surface area contributed by atoms with Crippen LogP contribution in [0.3, 0.4) is 0 Å². The maximum atomic E-state index is 13.2. The van der Waals surface area contributed by atoms with E-state index in [1.807, 2.05) is 36.4 Å². The number of carbonyl (C=O) groups is 3. The van der Waals surface area contributed by atoms with Crippen molar-refractivity contribution in [1.29, 1.82) is 0 Å². The molecule has 214 valence electrons. The van der Waals surface area contributed by atoms with Crippen molar-refractivity contribution in [1.82, 2.24) is 10.6 Å². The molecule has 0 spiro atoms. The van der Waals surface area contributed by atoms with Crippen LogP contribution in [-0.2, 0) is 29.9 Å². The Kier molecular flexibility index (Phi) is 13.3. The zero-order valence-electron chi connectivity index (χ0n) is 22.5. The first-order valence-corrected chi connectivity index (χ1v) is 14.8. The minimum atomic E-state index is -4.59. The van der Waals surface area contributed by atoms with Crippen LogP contribution in [0.4, 0.5) is 0 Å². The third kappa shape index (κ3) is 11.3. The summed E-state index contributed by atoms with van der Waals surface area (Å²) in [5.41, 5.74) is 7.17. The number of hydrogen-bond donors (Lipinski definition) is 5. The summed E-state index contributed by atoms with van der Waals surface area (Å²) in [6.07, 6.45) is 0.0388. The van der Waals surface area contributed by atoms with Gasteiger partial charge in [0.1, 0.15) is 5.78 Å². The molecule has 2 aromatic rings. The summed E-state index contributed by atoms with van der Waals surface area (Å²) in [7, 11) is -4.59. The second-order valence-corrected chi connectivity index (χ2v) is 11.7. The van der Waals surface area contributed by atoms with E-state index in [2.05, 4.69) is 10.6 Å². The number of rotatable bonds is 17. The highest BCUT2D eigenvalue weighted by Gasteiger charge is 2.40. The van der Waals surface area contributed by atoms with Gasteiger partial charge < -0.3 is 26.4 Å². The van der Waals surface area contributed by atoms with Crippen molar-refractivity contribution < 1.29 is 33.5 Å². The summed E-state index contributed by atoms with van der Waals surface area (Å²) in [4.78, 5) is 48.2. The second kappa shape index (κ2) is 16.2. The standard InChI is InChI=1S/C28H40N3O7P/c1-20(2)27(39(36,37)38-24(28(34)35)15-9-10-18-29)31-26(33)19-23(22-13-7-4-8-14-22)30-25(32)17-16-21-11-5-3-6-12-21/h3-8,11-14,20,23-24,27H,9-10,15-19,29H2,1-2H3,(H,30,32)(H,31,33)(H,34,35)(H,36,37)/t23?,24-,27?/m0/s1. The van der Waals surface area contributed by atoms with Crippen molar-refractivity contribution in [3.63, 3.8) is 0 Å². The maximum absolute atomic E-state index is 13.2. The summed E-state index contributed by atoms with van der Waals surface area (Å²) in [6, 6.07) is 17.9. The van der Waals surface area contributed by atoms with Gasteiger partial charge in [-0.1, -0.05) is 74.5 Å². The number of nitrogens with two attached hydrogens (primary N) is 1. The molecule has 0 radical (unpaired) electrons. The number of nitrogens with one attached hydrogen (secondary N) is 2. The van der Waals surface area contributed by atoms with Gasteiger partial charge in [-0.15, -0.1) is 0 Å². The quantitative estimate of drug-likeness (QED) is 0.144. The number of carboxylic acids is 1. The number of aliphatic carboxylic acids is 1. The fraction of sp³-hybridized carbons (Fsp3) is 0.464. The number of carbonyl (C=O) groups excluding carboxylic acids is 2. The summed E-state index contributed by atoms with van der Waals surface area (Å²) in [5.74, 6) is -4.07. The smallest absolute Gasteiger partial charge is 0.351 e. The lowest BCUT2D eigenvalue weighted by atomic mass is 10.0. The number of aryl methyl sites for hydroxylation is 1. The van der Waals surface area contributed by atoms with Gasteiger partial charge in [0.05, 0.1) is 12.5 Å². The van der Waals surface area contributed by atoms with Crippen LogP contribution in [0.1, 0.15) is 63.1 Å². The first kappa shape index (κ1) is 32.2. The van der Waals surface area contributed by atoms with Gasteiger partial charge in [0.2, 0.25) is 11.8 Å². The minimum absolute atomic E-state index is 0.0148. The Hall–Kier alpha value is -3.04. The van der Waals surface area contributed by atoms with E-state index in [1.165, 1.54) is 0 Å². The van der Waals surface area contributed by atoms with E-state index in [9.17, 15) is 28.9 Å². The molecule has 0 aliphatic rings. The Morgan fingerprint density at radius 1 is 0.949 bits per heavy atom. The van der Waals surface area contributed by atoms with E-state index in [4.69, 9.17) is 10.3 Å². The van der Waals surface area contributed by atoms with Crippen LogP contribution in [0.15, 0.2) is 60.7 Å². The molecule has 0 aliphatic heterocycles. The molecule has 0 fully saturated rings. The van der Waals surface area contributed by atoms with Gasteiger partial charge in [0, 0.05) is 6.42 Å². The molecule has 6 N–H and O–H groups in total. The van der Waals surface area contributed by atoms with Gasteiger partial charge in [0.25, 0.3) is 0 Å². The molecule has 4 atom stereocenters. The molecule has 0 bridgehead atoms. The van der Waals surface area contributed by atoms with Crippen molar-refractivity contribution in [2.24, 2.45) is 11.7 Å². The van der Waals surface area contributed by atoms with E-state index >= 15 is 0 Å². The lowest BCUT2D eigenvalue weighted by Gasteiger charge is -2.29. The normalized spacial score (nSPS) is 15.1. The van der Waals surface area contributed by atoms with Crippen molar-refractivity contribution in [3.05, 3.63) is 71.8 Å². The zero-order chi connectivity index (χ0) is 28.8. The molecule has 2 rings (SSSR count). The largest absolute Gasteiger partial charge is 0.479 e. The molecular formula is C28H40N3O7P. The van der Waals surface area contributed by atoms with Gasteiger partial charge in [-0.05, 0) is 49.3 Å². The van der Waals surface area contributed by atoms with E-state index in [0.29, 0.717) is 31.4 Å². The van der Waals surface area contributed by atoms with E-state index in [0.717, 1.165) is 5.56 Å². The van der Waals surface area contributed by atoms with Gasteiger partial charge in [-0.3, -0.25) is 18.7 Å². The predicted octanol–water partition coefficient (Wildman–Crippen LogP) is 3.75. The SMILES string of the molecule is CC(C)C(NC(=O)CC(NC(=O)CCc1ccccc1)c1ccccc1)P(=O)(O)O[C@@H](CCCCN)C(=O)O. The third-order valence-corrected chi connectivity index (χ3v) is 8.16. The molecule has 0 saturated carbocycles. The molecule has 3 unspecified atom stereocenters. The number of benzene rings is 2. The molecule has 0 aliphatic carbocycles. The Morgan fingerprint density at radius 2 is 1.56 bits per heavy atom. The van der Waals surface area contributed by atoms with Gasteiger partial charge in [0.15, 0.2) is 6.10 Å². The van der Waals surface area contributed by atoms with Crippen LogP contribution >= 0.6 is 7.60 Å².